The van der Waals surface area contributed by atoms with Crippen LogP contribution in [0.25, 0.3) is 0 Å². The van der Waals surface area contributed by atoms with Crippen LogP contribution in [0.3, 0.4) is 0 Å². The number of hydrogen-bond acceptors (Lipinski definition) is 7. The SMILES string of the molecule is COc1c([C@@H](O)CC(C)C)ccc2c1C(=O)OCc1cc(C)cc(OC(=O)[C@@]3(C)C[C@@H]4CC[C@H]3C4)c1O2. The molecule has 2 aromatic rings. The van der Waals surface area contributed by atoms with Gasteiger partial charge in [0.25, 0.3) is 0 Å². The van der Waals surface area contributed by atoms with Crippen molar-refractivity contribution < 1.29 is 33.6 Å². The number of aliphatic hydroxyl groups excluding tert-OH is 1. The standard InChI is InChI=1S/C30H36O7/c1-16(2)10-22(31)21-8-9-23-25(27(21)34-5)28(32)35-15-19-11-17(3)12-24(26(19)36-23)37-29(33)30(4)14-18-6-7-20(30)13-18/h8-9,11-12,16,18,20,22,31H,6-7,10,13-15H2,1-5H3/t18-,20+,22+,30+/m1/s1. The molecule has 2 saturated carbocycles. The van der Waals surface area contributed by atoms with Gasteiger partial charge in [0.2, 0.25) is 0 Å². The zero-order valence-corrected chi connectivity index (χ0v) is 22.3. The van der Waals surface area contributed by atoms with E-state index in [2.05, 4.69) is 0 Å². The Labute approximate surface area is 218 Å². The highest BCUT2D eigenvalue weighted by Gasteiger charge is 2.53. The third-order valence-corrected chi connectivity index (χ3v) is 8.28. The van der Waals surface area contributed by atoms with Crippen molar-refractivity contribution in [3.05, 3.63) is 46.5 Å². The molecule has 2 bridgehead atoms. The molecule has 0 unspecified atom stereocenters. The summed E-state index contributed by atoms with van der Waals surface area (Å²) in [6, 6.07) is 6.99. The van der Waals surface area contributed by atoms with Crippen LogP contribution in [0.15, 0.2) is 24.3 Å². The molecule has 37 heavy (non-hydrogen) atoms. The summed E-state index contributed by atoms with van der Waals surface area (Å²) in [6.45, 7) is 7.89. The van der Waals surface area contributed by atoms with E-state index in [1.165, 1.54) is 13.5 Å². The Balaban J connectivity index is 1.53. The second-order valence-electron chi connectivity index (χ2n) is 11.5. The van der Waals surface area contributed by atoms with Crippen LogP contribution >= 0.6 is 0 Å². The summed E-state index contributed by atoms with van der Waals surface area (Å²) in [7, 11) is 1.45. The first-order valence-electron chi connectivity index (χ1n) is 13.2. The Bertz CT molecular complexity index is 1230. The molecule has 0 aromatic heterocycles. The van der Waals surface area contributed by atoms with E-state index in [0.717, 1.165) is 24.8 Å². The average molecular weight is 509 g/mol. The third-order valence-electron chi connectivity index (χ3n) is 8.28. The first-order chi connectivity index (χ1) is 17.6. The van der Waals surface area contributed by atoms with Gasteiger partial charge in [-0.2, -0.15) is 0 Å². The van der Waals surface area contributed by atoms with Crippen LogP contribution in [0, 0.1) is 30.1 Å². The molecule has 2 aromatic carbocycles. The van der Waals surface area contributed by atoms with Gasteiger partial charge in [-0.3, -0.25) is 4.79 Å². The maximum absolute atomic E-state index is 13.5. The molecule has 1 aliphatic heterocycles. The fourth-order valence-corrected chi connectivity index (χ4v) is 6.42. The third kappa shape index (κ3) is 4.58. The number of esters is 2. The van der Waals surface area contributed by atoms with E-state index in [0.29, 0.717) is 40.9 Å². The van der Waals surface area contributed by atoms with Crippen molar-refractivity contribution in [1.82, 2.24) is 0 Å². The number of carbonyl (C=O) groups is 2. The van der Waals surface area contributed by atoms with Crippen molar-refractivity contribution in [3.63, 3.8) is 0 Å². The quantitative estimate of drug-likeness (QED) is 0.363. The Morgan fingerprint density at radius 2 is 2.03 bits per heavy atom. The van der Waals surface area contributed by atoms with Crippen LogP contribution in [0.4, 0.5) is 0 Å². The zero-order valence-electron chi connectivity index (χ0n) is 22.3. The van der Waals surface area contributed by atoms with Crippen LogP contribution in [-0.2, 0) is 16.1 Å². The van der Waals surface area contributed by atoms with Gasteiger partial charge in [0.1, 0.15) is 23.7 Å². The van der Waals surface area contributed by atoms with Gasteiger partial charge in [-0.1, -0.05) is 20.3 Å². The van der Waals surface area contributed by atoms with Crippen molar-refractivity contribution >= 4 is 11.9 Å². The number of cyclic esters (lactones) is 1. The molecule has 0 amide bonds. The van der Waals surface area contributed by atoms with Crippen molar-refractivity contribution in [2.45, 2.75) is 72.5 Å². The summed E-state index contributed by atoms with van der Waals surface area (Å²) >= 11 is 0. The Morgan fingerprint density at radius 1 is 1.24 bits per heavy atom. The minimum absolute atomic E-state index is 0.0519. The molecule has 1 heterocycles. The van der Waals surface area contributed by atoms with Gasteiger partial charge in [-0.25, -0.2) is 4.79 Å². The molecule has 0 spiro atoms. The highest BCUT2D eigenvalue weighted by atomic mass is 16.6. The number of aliphatic hydroxyl groups is 1. The van der Waals surface area contributed by atoms with Crippen molar-refractivity contribution in [2.75, 3.05) is 7.11 Å². The van der Waals surface area contributed by atoms with Crippen LogP contribution in [0.2, 0.25) is 0 Å². The van der Waals surface area contributed by atoms with Gasteiger partial charge in [0.15, 0.2) is 11.5 Å². The largest absolute Gasteiger partial charge is 0.495 e. The molecule has 198 valence electrons. The van der Waals surface area contributed by atoms with Gasteiger partial charge >= 0.3 is 11.9 Å². The van der Waals surface area contributed by atoms with Gasteiger partial charge in [0.05, 0.1) is 18.6 Å². The van der Waals surface area contributed by atoms with Crippen molar-refractivity contribution in [1.29, 1.82) is 0 Å². The minimum atomic E-state index is -0.813. The van der Waals surface area contributed by atoms with E-state index < -0.39 is 17.5 Å². The van der Waals surface area contributed by atoms with E-state index in [9.17, 15) is 14.7 Å². The van der Waals surface area contributed by atoms with Crippen LogP contribution in [0.5, 0.6) is 23.0 Å². The Morgan fingerprint density at radius 3 is 2.68 bits per heavy atom. The molecule has 0 saturated heterocycles. The number of ether oxygens (including phenoxy) is 4. The Hall–Kier alpha value is -3.06. The van der Waals surface area contributed by atoms with Crippen LogP contribution < -0.4 is 14.2 Å². The summed E-state index contributed by atoms with van der Waals surface area (Å²) in [4.78, 5) is 26.6. The van der Waals surface area contributed by atoms with E-state index in [1.54, 1.807) is 18.2 Å². The van der Waals surface area contributed by atoms with E-state index in [1.807, 2.05) is 33.8 Å². The van der Waals surface area contributed by atoms with E-state index >= 15 is 0 Å². The number of methoxy groups -OCH3 is 1. The lowest BCUT2D eigenvalue weighted by atomic mass is 9.75. The highest BCUT2D eigenvalue weighted by molar-refractivity contribution is 5.97. The van der Waals surface area contributed by atoms with Crippen LogP contribution in [0.1, 0.15) is 86.0 Å². The molecule has 7 nitrogen and oxygen atoms in total. The molecule has 4 atom stereocenters. The maximum atomic E-state index is 13.5. The second-order valence-corrected chi connectivity index (χ2v) is 11.5. The topological polar surface area (TPSA) is 91.3 Å². The molecule has 3 aliphatic rings. The van der Waals surface area contributed by atoms with E-state index in [-0.39, 0.29) is 35.6 Å². The smallest absolute Gasteiger partial charge is 0.346 e. The summed E-state index contributed by atoms with van der Waals surface area (Å²) in [5.74, 6) is 1.44. The first-order valence-corrected chi connectivity index (χ1v) is 13.2. The lowest BCUT2D eigenvalue weighted by Crippen LogP contribution is -2.37. The molecular formula is C30H36O7. The number of rotatable bonds is 6. The average Bonchev–Trinajstić information content (AvgIpc) is 3.43. The fourth-order valence-electron chi connectivity index (χ4n) is 6.42. The lowest BCUT2D eigenvalue weighted by Gasteiger charge is -2.31. The van der Waals surface area contributed by atoms with E-state index in [4.69, 9.17) is 18.9 Å². The number of carbonyl (C=O) groups excluding carboxylic acids is 2. The minimum Gasteiger partial charge on any atom is -0.495 e. The van der Waals surface area contributed by atoms with Gasteiger partial charge in [0, 0.05) is 11.1 Å². The molecule has 5 rings (SSSR count). The summed E-state index contributed by atoms with van der Waals surface area (Å²) in [5, 5.41) is 10.8. The molecule has 2 fully saturated rings. The summed E-state index contributed by atoms with van der Waals surface area (Å²) < 4.78 is 23.6. The maximum Gasteiger partial charge on any atom is 0.346 e. The molecule has 1 N–H and O–H groups in total. The lowest BCUT2D eigenvalue weighted by molar-refractivity contribution is -0.148. The predicted molar refractivity (Wildman–Crippen MR) is 137 cm³/mol. The highest BCUT2D eigenvalue weighted by Crippen LogP contribution is 2.56. The fraction of sp³-hybridized carbons (Fsp3) is 0.533. The summed E-state index contributed by atoms with van der Waals surface area (Å²) in [6.07, 6.45) is 3.88. The van der Waals surface area contributed by atoms with Crippen LogP contribution in [-0.4, -0.2) is 24.2 Å². The Kier molecular flexibility index (Phi) is 6.69. The molecule has 2 aliphatic carbocycles. The first kappa shape index (κ1) is 25.6. The van der Waals surface area contributed by atoms with Crippen molar-refractivity contribution in [3.8, 4) is 23.0 Å². The predicted octanol–water partition coefficient (Wildman–Crippen LogP) is 6.28. The summed E-state index contributed by atoms with van der Waals surface area (Å²) in [5.41, 5.74) is 1.57. The van der Waals surface area contributed by atoms with Gasteiger partial charge < -0.3 is 24.1 Å². The van der Waals surface area contributed by atoms with Gasteiger partial charge in [-0.05, 0) is 87.1 Å². The second kappa shape index (κ2) is 9.67. The number of aryl methyl sites for hydroxylation is 1. The molecule has 0 radical (unpaired) electrons. The number of benzene rings is 2. The van der Waals surface area contributed by atoms with Crippen molar-refractivity contribution in [2.24, 2.45) is 23.2 Å². The number of hydrogen-bond donors (Lipinski definition) is 1. The zero-order chi connectivity index (χ0) is 26.5. The normalized spacial score (nSPS) is 24.9. The molecule has 7 heteroatoms. The van der Waals surface area contributed by atoms with Gasteiger partial charge in [-0.15, -0.1) is 0 Å². The molecular weight excluding hydrogens is 472 g/mol. The monoisotopic (exact) mass is 508 g/mol. The number of fused-ring (bicyclic) bond motifs is 4.